The molecule has 152 valence electrons. The van der Waals surface area contributed by atoms with Gasteiger partial charge in [-0.1, -0.05) is 17.8 Å². The molecule has 1 N–H and O–H groups in total. The second-order valence-electron chi connectivity index (χ2n) is 6.70. The molecule has 3 aromatic rings. The number of carbonyl (C=O) groups is 1. The van der Waals surface area contributed by atoms with E-state index in [2.05, 4.69) is 31.9 Å². The van der Waals surface area contributed by atoms with Crippen LogP contribution in [0.3, 0.4) is 0 Å². The molecule has 0 radical (unpaired) electrons. The van der Waals surface area contributed by atoms with Crippen molar-refractivity contribution in [1.82, 2.24) is 14.8 Å². The first-order valence-corrected chi connectivity index (χ1v) is 11.3. The van der Waals surface area contributed by atoms with Crippen LogP contribution in [0, 0.1) is 0 Å². The number of anilines is 2. The number of benzene rings is 1. The Balaban J connectivity index is 1.28. The third-order valence-electron chi connectivity index (χ3n) is 4.70. The molecular weight excluding hydrogens is 406 g/mol. The van der Waals surface area contributed by atoms with Gasteiger partial charge >= 0.3 is 0 Å². The van der Waals surface area contributed by atoms with Gasteiger partial charge in [-0.3, -0.25) is 4.79 Å². The number of ether oxygens (including phenoxy) is 1. The summed E-state index contributed by atoms with van der Waals surface area (Å²) in [5.41, 5.74) is 1.95. The number of hydrogen-bond donors (Lipinski definition) is 1. The molecular formula is C20H23N5O2S2. The van der Waals surface area contributed by atoms with E-state index in [0.717, 1.165) is 55.1 Å². The smallest absolute Gasteiger partial charge is 0.234 e. The number of morpholine rings is 1. The molecule has 1 aliphatic rings. The zero-order valence-corrected chi connectivity index (χ0v) is 17.8. The van der Waals surface area contributed by atoms with Crippen LogP contribution in [0.1, 0.15) is 10.7 Å². The van der Waals surface area contributed by atoms with Crippen LogP contribution < -0.4 is 10.2 Å². The molecule has 0 bridgehead atoms. The van der Waals surface area contributed by atoms with Crippen molar-refractivity contribution in [3.63, 3.8) is 0 Å². The molecule has 1 fully saturated rings. The minimum atomic E-state index is -0.0584. The number of thiophene rings is 1. The summed E-state index contributed by atoms with van der Waals surface area (Å²) in [6.07, 6.45) is 0.753. The number of rotatable bonds is 7. The van der Waals surface area contributed by atoms with Gasteiger partial charge in [0.05, 0.1) is 19.0 Å². The van der Waals surface area contributed by atoms with Gasteiger partial charge in [0.1, 0.15) is 5.82 Å². The highest BCUT2D eigenvalue weighted by molar-refractivity contribution is 7.99. The molecule has 1 saturated heterocycles. The highest BCUT2D eigenvalue weighted by Gasteiger charge is 2.13. The second-order valence-corrected chi connectivity index (χ2v) is 8.67. The second kappa shape index (κ2) is 9.43. The highest BCUT2D eigenvalue weighted by Crippen LogP contribution is 2.21. The first-order chi connectivity index (χ1) is 14.2. The lowest BCUT2D eigenvalue weighted by Gasteiger charge is -2.28. The quantitative estimate of drug-likeness (QED) is 0.582. The average Bonchev–Trinajstić information content (AvgIpc) is 3.38. The molecule has 7 nitrogen and oxygen atoms in total. The lowest BCUT2D eigenvalue weighted by Crippen LogP contribution is -2.36. The van der Waals surface area contributed by atoms with E-state index in [1.54, 1.807) is 11.3 Å². The Labute approximate surface area is 178 Å². The molecule has 0 atom stereocenters. The molecule has 0 spiro atoms. The van der Waals surface area contributed by atoms with Gasteiger partial charge in [-0.25, -0.2) is 0 Å². The van der Waals surface area contributed by atoms with E-state index in [9.17, 15) is 4.79 Å². The zero-order chi connectivity index (χ0) is 20.1. The molecule has 0 unspecified atom stereocenters. The van der Waals surface area contributed by atoms with E-state index in [-0.39, 0.29) is 11.7 Å². The Bertz CT molecular complexity index is 934. The van der Waals surface area contributed by atoms with E-state index in [1.807, 2.05) is 41.9 Å². The Hall–Kier alpha value is -2.36. The Morgan fingerprint density at radius 3 is 2.72 bits per heavy atom. The molecule has 29 heavy (non-hydrogen) atoms. The Morgan fingerprint density at radius 1 is 1.21 bits per heavy atom. The van der Waals surface area contributed by atoms with Crippen molar-refractivity contribution < 1.29 is 9.53 Å². The van der Waals surface area contributed by atoms with Crippen molar-refractivity contribution in [2.24, 2.45) is 7.05 Å². The third kappa shape index (κ3) is 5.17. The first kappa shape index (κ1) is 19.9. The van der Waals surface area contributed by atoms with Crippen LogP contribution >= 0.6 is 23.1 Å². The number of nitrogens with zero attached hydrogens (tertiary/aromatic N) is 4. The summed E-state index contributed by atoms with van der Waals surface area (Å²) in [6, 6.07) is 12.1. The maximum Gasteiger partial charge on any atom is 0.234 e. The summed E-state index contributed by atoms with van der Waals surface area (Å²) < 4.78 is 7.34. The van der Waals surface area contributed by atoms with Crippen molar-refractivity contribution in [1.29, 1.82) is 0 Å². The maximum absolute atomic E-state index is 12.3. The molecule has 3 heterocycles. The van der Waals surface area contributed by atoms with Gasteiger partial charge in [0.25, 0.3) is 0 Å². The van der Waals surface area contributed by atoms with E-state index in [0.29, 0.717) is 0 Å². The van der Waals surface area contributed by atoms with Gasteiger partial charge in [-0.05, 0) is 35.7 Å². The number of amides is 1. The predicted octanol–water partition coefficient (Wildman–Crippen LogP) is 3.03. The number of nitrogens with one attached hydrogen (secondary N) is 1. The fraction of sp³-hybridized carbons (Fsp3) is 0.350. The van der Waals surface area contributed by atoms with Crippen LogP contribution in [0.2, 0.25) is 0 Å². The molecule has 0 saturated carbocycles. The minimum absolute atomic E-state index is 0.0584. The summed E-state index contributed by atoms with van der Waals surface area (Å²) in [5.74, 6) is 1.13. The number of aromatic nitrogens is 3. The topological polar surface area (TPSA) is 72.3 Å². The first-order valence-electron chi connectivity index (χ1n) is 9.45. The van der Waals surface area contributed by atoms with Crippen molar-refractivity contribution in [3.8, 4) is 0 Å². The zero-order valence-electron chi connectivity index (χ0n) is 16.2. The molecule has 9 heteroatoms. The van der Waals surface area contributed by atoms with E-state index >= 15 is 0 Å². The van der Waals surface area contributed by atoms with Crippen LogP contribution in [-0.4, -0.2) is 52.7 Å². The SMILES string of the molecule is Cn1c(Cc2cccs2)nnc1SCC(=O)Nc1ccc(N2CCOCC2)cc1. The Kier molecular flexibility index (Phi) is 6.48. The predicted molar refractivity (Wildman–Crippen MR) is 117 cm³/mol. The van der Waals surface area contributed by atoms with Gasteiger partial charge in [0, 0.05) is 42.8 Å². The summed E-state index contributed by atoms with van der Waals surface area (Å²) in [7, 11) is 1.94. The van der Waals surface area contributed by atoms with E-state index in [1.165, 1.54) is 16.6 Å². The number of thioether (sulfide) groups is 1. The fourth-order valence-electron chi connectivity index (χ4n) is 3.10. The summed E-state index contributed by atoms with van der Waals surface area (Å²) in [6.45, 7) is 3.31. The molecule has 4 rings (SSSR count). The summed E-state index contributed by atoms with van der Waals surface area (Å²) in [5, 5.41) is 14.2. The van der Waals surface area contributed by atoms with Crippen molar-refractivity contribution in [3.05, 3.63) is 52.5 Å². The van der Waals surface area contributed by atoms with Crippen molar-refractivity contribution in [2.75, 3.05) is 42.3 Å². The van der Waals surface area contributed by atoms with Crippen LogP contribution in [0.5, 0.6) is 0 Å². The summed E-state index contributed by atoms with van der Waals surface area (Å²) in [4.78, 5) is 15.9. The minimum Gasteiger partial charge on any atom is -0.378 e. The van der Waals surface area contributed by atoms with Gasteiger partial charge in [-0.2, -0.15) is 0 Å². The monoisotopic (exact) mass is 429 g/mol. The van der Waals surface area contributed by atoms with Crippen LogP contribution in [-0.2, 0) is 23.0 Å². The Morgan fingerprint density at radius 2 is 2.00 bits per heavy atom. The van der Waals surface area contributed by atoms with Crippen LogP contribution in [0.4, 0.5) is 11.4 Å². The van der Waals surface area contributed by atoms with Gasteiger partial charge in [0.2, 0.25) is 5.91 Å². The van der Waals surface area contributed by atoms with Crippen LogP contribution in [0.15, 0.2) is 46.9 Å². The number of carbonyl (C=O) groups excluding carboxylic acids is 1. The average molecular weight is 430 g/mol. The highest BCUT2D eigenvalue weighted by atomic mass is 32.2. The van der Waals surface area contributed by atoms with E-state index < -0.39 is 0 Å². The third-order valence-corrected chi connectivity index (χ3v) is 6.59. The normalized spacial score (nSPS) is 14.2. The maximum atomic E-state index is 12.3. The van der Waals surface area contributed by atoms with Gasteiger partial charge < -0.3 is 19.5 Å². The molecule has 1 aliphatic heterocycles. The molecule has 0 aliphatic carbocycles. The summed E-state index contributed by atoms with van der Waals surface area (Å²) >= 11 is 3.10. The fourth-order valence-corrected chi connectivity index (χ4v) is 4.53. The van der Waals surface area contributed by atoms with Gasteiger partial charge in [-0.15, -0.1) is 21.5 Å². The molecule has 1 aromatic carbocycles. The lowest BCUT2D eigenvalue weighted by atomic mass is 10.2. The largest absolute Gasteiger partial charge is 0.378 e. The standard InChI is InChI=1S/C20H23N5O2S2/c1-24-18(13-17-3-2-12-28-17)22-23-20(24)29-14-19(26)21-15-4-6-16(7-5-15)25-8-10-27-11-9-25/h2-7,12H,8-11,13-14H2,1H3,(H,21,26). The van der Waals surface area contributed by atoms with Crippen molar-refractivity contribution >= 4 is 40.4 Å². The van der Waals surface area contributed by atoms with Crippen molar-refractivity contribution in [2.45, 2.75) is 11.6 Å². The molecule has 2 aromatic heterocycles. The number of hydrogen-bond acceptors (Lipinski definition) is 7. The molecule has 1 amide bonds. The lowest BCUT2D eigenvalue weighted by molar-refractivity contribution is -0.113. The van der Waals surface area contributed by atoms with Crippen LogP contribution in [0.25, 0.3) is 0 Å². The van der Waals surface area contributed by atoms with Gasteiger partial charge in [0.15, 0.2) is 5.16 Å². The van der Waals surface area contributed by atoms with E-state index in [4.69, 9.17) is 4.74 Å².